The van der Waals surface area contributed by atoms with Gasteiger partial charge in [0.15, 0.2) is 0 Å². The van der Waals surface area contributed by atoms with E-state index in [-0.39, 0.29) is 17.4 Å². The lowest BCUT2D eigenvalue weighted by Gasteiger charge is -2.06. The molecule has 4 nitrogen and oxygen atoms in total. The van der Waals surface area contributed by atoms with Gasteiger partial charge in [-0.2, -0.15) is 5.26 Å². The minimum absolute atomic E-state index is 0.0921. The van der Waals surface area contributed by atoms with Crippen LogP contribution in [-0.4, -0.2) is 9.97 Å². The maximum atomic E-state index is 13.0. The first-order valence-corrected chi connectivity index (χ1v) is 4.86. The Hall–Kier alpha value is -2.48. The molecular formula is C12H8FN3O. The predicted octanol–water partition coefficient (Wildman–Crippen LogP) is 2.59. The molecule has 1 heterocycles. The van der Waals surface area contributed by atoms with Crippen LogP contribution in [0.3, 0.4) is 0 Å². The summed E-state index contributed by atoms with van der Waals surface area (Å²) in [6.45, 7) is 1.63. The van der Waals surface area contributed by atoms with Gasteiger partial charge in [-0.05, 0) is 30.7 Å². The number of hydrogen-bond donors (Lipinski definition) is 0. The fraction of sp³-hybridized carbons (Fsp3) is 0.0833. The van der Waals surface area contributed by atoms with Crippen molar-refractivity contribution in [3.8, 4) is 17.7 Å². The molecule has 17 heavy (non-hydrogen) atoms. The van der Waals surface area contributed by atoms with Crippen molar-refractivity contribution in [2.45, 2.75) is 6.92 Å². The van der Waals surface area contributed by atoms with Crippen molar-refractivity contribution < 1.29 is 9.13 Å². The summed E-state index contributed by atoms with van der Waals surface area (Å²) in [6, 6.07) is 6.17. The first-order valence-electron chi connectivity index (χ1n) is 4.86. The molecule has 0 spiro atoms. The van der Waals surface area contributed by atoms with E-state index in [1.807, 2.05) is 6.07 Å². The molecule has 5 heteroatoms. The Labute approximate surface area is 97.3 Å². The molecule has 0 aliphatic heterocycles. The van der Waals surface area contributed by atoms with Gasteiger partial charge in [-0.15, -0.1) is 0 Å². The molecule has 0 aliphatic rings. The molecular weight excluding hydrogens is 221 g/mol. The molecule has 0 atom stereocenters. The smallest absolute Gasteiger partial charge is 0.256 e. The van der Waals surface area contributed by atoms with Crippen molar-refractivity contribution in [1.29, 1.82) is 5.26 Å². The highest BCUT2D eigenvalue weighted by atomic mass is 19.1. The number of hydrogen-bond acceptors (Lipinski definition) is 4. The van der Waals surface area contributed by atoms with Crippen molar-refractivity contribution in [3.63, 3.8) is 0 Å². The SMILES string of the molecule is Cc1cc(Oc2nccnc2C#N)ccc1F. The third-order valence-electron chi connectivity index (χ3n) is 2.11. The van der Waals surface area contributed by atoms with E-state index in [0.29, 0.717) is 11.3 Å². The summed E-state index contributed by atoms with van der Waals surface area (Å²) in [4.78, 5) is 7.71. The number of aryl methyl sites for hydroxylation is 1. The van der Waals surface area contributed by atoms with Gasteiger partial charge in [0.25, 0.3) is 5.88 Å². The fourth-order valence-corrected chi connectivity index (χ4v) is 1.27. The zero-order valence-corrected chi connectivity index (χ0v) is 9.01. The number of aromatic nitrogens is 2. The fourth-order valence-electron chi connectivity index (χ4n) is 1.27. The molecule has 0 bridgehead atoms. The highest BCUT2D eigenvalue weighted by molar-refractivity contribution is 5.36. The van der Waals surface area contributed by atoms with Gasteiger partial charge in [-0.25, -0.2) is 14.4 Å². The minimum atomic E-state index is -0.308. The summed E-state index contributed by atoms with van der Waals surface area (Å²) in [7, 11) is 0. The van der Waals surface area contributed by atoms with Gasteiger partial charge in [0.05, 0.1) is 0 Å². The maximum absolute atomic E-state index is 13.0. The number of benzene rings is 1. The molecule has 2 rings (SSSR count). The standard InChI is InChI=1S/C12H8FN3O/c1-8-6-9(2-3-10(8)13)17-12-11(7-14)15-4-5-16-12/h2-6H,1H3. The molecule has 0 N–H and O–H groups in total. The zero-order valence-electron chi connectivity index (χ0n) is 9.01. The van der Waals surface area contributed by atoms with Crippen LogP contribution in [0.4, 0.5) is 4.39 Å². The molecule has 0 amide bonds. The van der Waals surface area contributed by atoms with E-state index in [0.717, 1.165) is 0 Å². The minimum Gasteiger partial charge on any atom is -0.436 e. The average Bonchev–Trinajstić information content (AvgIpc) is 2.34. The van der Waals surface area contributed by atoms with Crippen LogP contribution in [-0.2, 0) is 0 Å². The molecule has 2 aromatic rings. The molecule has 0 fully saturated rings. The number of ether oxygens (including phenoxy) is 1. The maximum Gasteiger partial charge on any atom is 0.256 e. The Morgan fingerprint density at radius 2 is 2.06 bits per heavy atom. The lowest BCUT2D eigenvalue weighted by Crippen LogP contribution is -1.94. The molecule has 84 valence electrons. The van der Waals surface area contributed by atoms with Crippen molar-refractivity contribution in [3.05, 3.63) is 47.7 Å². The first kappa shape index (κ1) is 11.0. The van der Waals surface area contributed by atoms with Gasteiger partial charge < -0.3 is 4.74 Å². The number of halogens is 1. The topological polar surface area (TPSA) is 58.8 Å². The van der Waals surface area contributed by atoms with Gasteiger partial charge in [0, 0.05) is 12.4 Å². The van der Waals surface area contributed by atoms with E-state index in [2.05, 4.69) is 9.97 Å². The molecule has 0 saturated carbocycles. The molecule has 0 radical (unpaired) electrons. The van der Waals surface area contributed by atoms with Crippen molar-refractivity contribution in [2.24, 2.45) is 0 Å². The van der Waals surface area contributed by atoms with Crippen LogP contribution in [0.2, 0.25) is 0 Å². The first-order chi connectivity index (χ1) is 8.20. The highest BCUT2D eigenvalue weighted by Crippen LogP contribution is 2.23. The van der Waals surface area contributed by atoms with Gasteiger partial charge in [0.1, 0.15) is 17.6 Å². The van der Waals surface area contributed by atoms with Crippen LogP contribution in [0.5, 0.6) is 11.6 Å². The third-order valence-corrected chi connectivity index (χ3v) is 2.11. The van der Waals surface area contributed by atoms with E-state index < -0.39 is 0 Å². The summed E-state index contributed by atoms with van der Waals surface area (Å²) in [5.41, 5.74) is 0.555. The Morgan fingerprint density at radius 3 is 2.76 bits per heavy atom. The van der Waals surface area contributed by atoms with Crippen LogP contribution in [0.15, 0.2) is 30.6 Å². The van der Waals surface area contributed by atoms with Crippen LogP contribution in [0, 0.1) is 24.1 Å². The normalized spacial score (nSPS) is 9.71. The average molecular weight is 229 g/mol. The van der Waals surface area contributed by atoms with E-state index >= 15 is 0 Å². The summed E-state index contributed by atoms with van der Waals surface area (Å²) < 4.78 is 18.4. The summed E-state index contributed by atoms with van der Waals surface area (Å²) in [5.74, 6) is 0.221. The molecule has 0 unspecified atom stereocenters. The quantitative estimate of drug-likeness (QED) is 0.794. The van der Waals surface area contributed by atoms with Gasteiger partial charge in [-0.1, -0.05) is 0 Å². The van der Waals surface area contributed by atoms with E-state index in [1.54, 1.807) is 6.92 Å². The Kier molecular flexibility index (Phi) is 2.97. The lowest BCUT2D eigenvalue weighted by atomic mass is 10.2. The van der Waals surface area contributed by atoms with E-state index in [1.165, 1.54) is 30.6 Å². The van der Waals surface area contributed by atoms with Gasteiger partial charge in [-0.3, -0.25) is 0 Å². The van der Waals surface area contributed by atoms with Crippen LogP contribution in [0.25, 0.3) is 0 Å². The van der Waals surface area contributed by atoms with Crippen molar-refractivity contribution in [2.75, 3.05) is 0 Å². The second kappa shape index (κ2) is 4.58. The van der Waals surface area contributed by atoms with Crippen LogP contribution < -0.4 is 4.74 Å². The number of nitriles is 1. The molecule has 0 saturated heterocycles. The third kappa shape index (κ3) is 2.37. The van der Waals surface area contributed by atoms with Gasteiger partial charge in [0.2, 0.25) is 5.69 Å². The monoisotopic (exact) mass is 229 g/mol. The number of nitrogens with zero attached hydrogens (tertiary/aromatic N) is 3. The summed E-state index contributed by atoms with van der Waals surface area (Å²) >= 11 is 0. The van der Waals surface area contributed by atoms with E-state index in [9.17, 15) is 4.39 Å². The van der Waals surface area contributed by atoms with Crippen LogP contribution in [0.1, 0.15) is 11.3 Å². The molecule has 1 aromatic carbocycles. The summed E-state index contributed by atoms with van der Waals surface area (Å²) in [5, 5.41) is 8.80. The lowest BCUT2D eigenvalue weighted by molar-refractivity contribution is 0.456. The van der Waals surface area contributed by atoms with Crippen molar-refractivity contribution in [1.82, 2.24) is 9.97 Å². The molecule has 1 aromatic heterocycles. The zero-order chi connectivity index (χ0) is 12.3. The second-order valence-corrected chi connectivity index (χ2v) is 3.33. The Balaban J connectivity index is 2.32. The highest BCUT2D eigenvalue weighted by Gasteiger charge is 2.07. The van der Waals surface area contributed by atoms with Crippen LogP contribution >= 0.6 is 0 Å². The largest absolute Gasteiger partial charge is 0.436 e. The van der Waals surface area contributed by atoms with Crippen molar-refractivity contribution >= 4 is 0 Å². The Morgan fingerprint density at radius 1 is 1.29 bits per heavy atom. The van der Waals surface area contributed by atoms with Gasteiger partial charge >= 0.3 is 0 Å². The Bertz CT molecular complexity index is 593. The predicted molar refractivity (Wildman–Crippen MR) is 58.0 cm³/mol. The van der Waals surface area contributed by atoms with E-state index in [4.69, 9.17) is 10.00 Å². The second-order valence-electron chi connectivity index (χ2n) is 3.33. The molecule has 0 aliphatic carbocycles. The summed E-state index contributed by atoms with van der Waals surface area (Å²) in [6.07, 6.45) is 2.83. The number of rotatable bonds is 2.